The van der Waals surface area contributed by atoms with Gasteiger partial charge < -0.3 is 10.4 Å². The van der Waals surface area contributed by atoms with Crippen LogP contribution >= 0.6 is 0 Å². The maximum absolute atomic E-state index is 10.6. The minimum atomic E-state index is -0.787. The van der Waals surface area contributed by atoms with Crippen LogP contribution < -0.4 is 5.32 Å². The van der Waals surface area contributed by atoms with Gasteiger partial charge in [-0.1, -0.05) is 0 Å². The van der Waals surface area contributed by atoms with Crippen LogP contribution in [0.25, 0.3) is 0 Å². The van der Waals surface area contributed by atoms with Crippen molar-refractivity contribution in [3.63, 3.8) is 0 Å². The van der Waals surface area contributed by atoms with Crippen LogP contribution in [-0.2, 0) is 4.79 Å². The minimum Gasteiger partial charge on any atom is -0.374 e. The fourth-order valence-corrected chi connectivity index (χ4v) is 0.491. The van der Waals surface area contributed by atoms with E-state index in [-0.39, 0.29) is 12.3 Å². The minimum absolute atomic E-state index is 0.215. The topological polar surface area (TPSA) is 49.3 Å². The Hall–Kier alpha value is -1.01. The van der Waals surface area contributed by atoms with Gasteiger partial charge in [-0.2, -0.15) is 0 Å². The maximum Gasteiger partial charge on any atom is 0.222 e. The van der Waals surface area contributed by atoms with Crippen LogP contribution in [0, 0.1) is 12.3 Å². The van der Waals surface area contributed by atoms with E-state index in [9.17, 15) is 4.79 Å². The first-order chi connectivity index (χ1) is 4.66. The van der Waals surface area contributed by atoms with Crippen LogP contribution in [0.5, 0.6) is 0 Å². The molecule has 1 atom stereocenters. The van der Waals surface area contributed by atoms with E-state index in [0.29, 0.717) is 6.42 Å². The van der Waals surface area contributed by atoms with E-state index in [4.69, 9.17) is 11.5 Å². The summed E-state index contributed by atoms with van der Waals surface area (Å²) in [6, 6.07) is 0. The number of carbonyl (C=O) groups excluding carboxylic acids is 1. The molecule has 1 unspecified atom stereocenters. The average molecular weight is 141 g/mol. The first-order valence-electron chi connectivity index (χ1n) is 3.07. The van der Waals surface area contributed by atoms with Crippen molar-refractivity contribution in [3.05, 3.63) is 0 Å². The molecule has 1 amide bonds. The molecule has 0 heterocycles. The predicted octanol–water partition coefficient (Wildman–Crippen LogP) is -0.146. The zero-order chi connectivity index (χ0) is 7.98. The van der Waals surface area contributed by atoms with Crippen molar-refractivity contribution >= 4 is 5.91 Å². The number of carbonyl (C=O) groups is 1. The summed E-state index contributed by atoms with van der Waals surface area (Å²) < 4.78 is 0. The van der Waals surface area contributed by atoms with Crippen molar-refractivity contribution in [3.8, 4) is 12.3 Å². The molecule has 10 heavy (non-hydrogen) atoms. The van der Waals surface area contributed by atoms with Crippen molar-refractivity contribution in [1.82, 2.24) is 5.32 Å². The Bertz CT molecular complexity index is 146. The molecule has 2 N–H and O–H groups in total. The van der Waals surface area contributed by atoms with Crippen LogP contribution in [0.3, 0.4) is 0 Å². The molecule has 3 nitrogen and oxygen atoms in total. The Labute approximate surface area is 60.4 Å². The molecule has 0 aliphatic rings. The highest BCUT2D eigenvalue weighted by Gasteiger charge is 2.00. The van der Waals surface area contributed by atoms with Crippen LogP contribution in [0.4, 0.5) is 0 Å². The number of nitrogens with one attached hydrogen (secondary N) is 1. The molecule has 0 fully saturated rings. The molecule has 0 saturated carbocycles. The summed E-state index contributed by atoms with van der Waals surface area (Å²) in [7, 11) is 0. The number of terminal acetylenes is 1. The maximum atomic E-state index is 10.6. The molecule has 0 rings (SSSR count). The van der Waals surface area contributed by atoms with Crippen molar-refractivity contribution < 1.29 is 9.90 Å². The summed E-state index contributed by atoms with van der Waals surface area (Å²) in [5, 5.41) is 10.9. The molecule has 0 aromatic carbocycles. The normalized spacial score (nSPS) is 11.7. The van der Waals surface area contributed by atoms with Gasteiger partial charge in [-0.15, -0.1) is 12.3 Å². The number of aliphatic hydroxyl groups excluding tert-OH is 1. The third-order valence-corrected chi connectivity index (χ3v) is 0.866. The molecular formula is C7H11NO2. The Balaban J connectivity index is 3.37. The highest BCUT2D eigenvalue weighted by molar-refractivity contribution is 5.76. The third-order valence-electron chi connectivity index (χ3n) is 0.866. The van der Waals surface area contributed by atoms with E-state index in [1.165, 1.54) is 6.92 Å². The molecular weight excluding hydrogens is 130 g/mol. The molecule has 3 heteroatoms. The molecule has 0 aromatic rings. The second-order valence-corrected chi connectivity index (χ2v) is 1.95. The van der Waals surface area contributed by atoms with E-state index in [1.807, 2.05) is 0 Å². The van der Waals surface area contributed by atoms with E-state index in [0.717, 1.165) is 0 Å². The second kappa shape index (κ2) is 4.83. The first-order valence-corrected chi connectivity index (χ1v) is 3.07. The van der Waals surface area contributed by atoms with Crippen molar-refractivity contribution in [2.24, 2.45) is 0 Å². The third kappa shape index (κ3) is 5.13. The Morgan fingerprint density at radius 1 is 1.90 bits per heavy atom. The van der Waals surface area contributed by atoms with Crippen molar-refractivity contribution in [2.45, 2.75) is 26.0 Å². The monoisotopic (exact) mass is 141 g/mol. The van der Waals surface area contributed by atoms with Crippen LogP contribution in [0.1, 0.15) is 19.8 Å². The summed E-state index contributed by atoms with van der Waals surface area (Å²) in [6.45, 7) is 1.48. The summed E-state index contributed by atoms with van der Waals surface area (Å²) in [6.07, 6.45) is 4.82. The van der Waals surface area contributed by atoms with E-state index >= 15 is 0 Å². The number of hydrogen-bond donors (Lipinski definition) is 2. The SMILES string of the molecule is C#CCCC(=O)NC(C)O. The van der Waals surface area contributed by atoms with E-state index in [2.05, 4.69) is 11.2 Å². The van der Waals surface area contributed by atoms with Gasteiger partial charge in [0.05, 0.1) is 0 Å². The molecule has 0 spiro atoms. The average Bonchev–Trinajstić information content (AvgIpc) is 1.82. The van der Waals surface area contributed by atoms with Gasteiger partial charge >= 0.3 is 0 Å². The van der Waals surface area contributed by atoms with E-state index < -0.39 is 6.23 Å². The molecule has 0 aromatic heterocycles. The fourth-order valence-electron chi connectivity index (χ4n) is 0.491. The quantitative estimate of drug-likeness (QED) is 0.424. The summed E-state index contributed by atoms with van der Waals surface area (Å²) in [5.74, 6) is 2.11. The van der Waals surface area contributed by atoms with Gasteiger partial charge in [0.15, 0.2) is 0 Å². The van der Waals surface area contributed by atoms with Crippen LogP contribution in [0.15, 0.2) is 0 Å². The number of hydrogen-bond acceptors (Lipinski definition) is 2. The lowest BCUT2D eigenvalue weighted by molar-refractivity contribution is -0.123. The lowest BCUT2D eigenvalue weighted by Gasteiger charge is -2.04. The smallest absolute Gasteiger partial charge is 0.222 e. The van der Waals surface area contributed by atoms with Crippen LogP contribution in [-0.4, -0.2) is 17.2 Å². The number of amides is 1. The number of aliphatic hydroxyl groups is 1. The summed E-state index contributed by atoms with van der Waals surface area (Å²) in [5.41, 5.74) is 0. The Morgan fingerprint density at radius 2 is 2.50 bits per heavy atom. The van der Waals surface area contributed by atoms with Gasteiger partial charge in [0, 0.05) is 12.8 Å². The van der Waals surface area contributed by atoms with Crippen molar-refractivity contribution in [1.29, 1.82) is 0 Å². The highest BCUT2D eigenvalue weighted by Crippen LogP contribution is 1.86. The molecule has 0 bridgehead atoms. The van der Waals surface area contributed by atoms with Gasteiger partial charge in [0.25, 0.3) is 0 Å². The standard InChI is InChI=1S/C7H11NO2/c1-3-4-5-7(10)8-6(2)9/h1,6,9H,4-5H2,2H3,(H,8,10). The number of rotatable bonds is 3. The summed E-state index contributed by atoms with van der Waals surface area (Å²) >= 11 is 0. The Morgan fingerprint density at radius 3 is 2.90 bits per heavy atom. The Kier molecular flexibility index (Phi) is 4.34. The van der Waals surface area contributed by atoms with Gasteiger partial charge in [0.2, 0.25) is 5.91 Å². The van der Waals surface area contributed by atoms with Crippen LogP contribution in [0.2, 0.25) is 0 Å². The zero-order valence-electron chi connectivity index (χ0n) is 5.92. The largest absolute Gasteiger partial charge is 0.374 e. The van der Waals surface area contributed by atoms with Gasteiger partial charge in [-0.25, -0.2) is 0 Å². The molecule has 0 aliphatic carbocycles. The molecule has 0 radical (unpaired) electrons. The lowest BCUT2D eigenvalue weighted by Crippen LogP contribution is -2.31. The first kappa shape index (κ1) is 8.99. The van der Waals surface area contributed by atoms with Gasteiger partial charge in [0.1, 0.15) is 6.23 Å². The van der Waals surface area contributed by atoms with Gasteiger partial charge in [-0.3, -0.25) is 4.79 Å². The van der Waals surface area contributed by atoms with Crippen molar-refractivity contribution in [2.75, 3.05) is 0 Å². The second-order valence-electron chi connectivity index (χ2n) is 1.95. The molecule has 0 saturated heterocycles. The molecule has 56 valence electrons. The summed E-state index contributed by atoms with van der Waals surface area (Å²) in [4.78, 5) is 10.6. The predicted molar refractivity (Wildman–Crippen MR) is 37.9 cm³/mol. The van der Waals surface area contributed by atoms with Gasteiger partial charge in [-0.05, 0) is 6.92 Å². The molecule has 0 aliphatic heterocycles. The fraction of sp³-hybridized carbons (Fsp3) is 0.571. The lowest BCUT2D eigenvalue weighted by atomic mass is 10.3. The highest BCUT2D eigenvalue weighted by atomic mass is 16.3. The zero-order valence-corrected chi connectivity index (χ0v) is 5.92. The van der Waals surface area contributed by atoms with E-state index in [1.54, 1.807) is 0 Å².